The van der Waals surface area contributed by atoms with Gasteiger partial charge < -0.3 is 14.5 Å². The summed E-state index contributed by atoms with van der Waals surface area (Å²) >= 11 is 0. The first kappa shape index (κ1) is 21.5. The summed E-state index contributed by atoms with van der Waals surface area (Å²) in [4.78, 5) is 31.6. The van der Waals surface area contributed by atoms with E-state index < -0.39 is 0 Å². The number of rotatable bonds is 7. The van der Waals surface area contributed by atoms with E-state index in [1.165, 1.54) is 11.1 Å². The molecule has 2 aromatic rings. The Balaban J connectivity index is 1.34. The van der Waals surface area contributed by atoms with Crippen molar-refractivity contribution in [3.8, 4) is 0 Å². The van der Waals surface area contributed by atoms with Crippen LogP contribution in [0.3, 0.4) is 0 Å². The first-order valence-corrected chi connectivity index (χ1v) is 11.2. The standard InChI is InChI=1S/C25H31N3O3/c29-24(27-13-15-28(16-14-27)25(30)23-12-7-17-31-23)20-26(18-21-8-3-1-4-9-21)19-22-10-5-2-6-11-22/h1-6,8-11,23H,7,12-20H2. The highest BCUT2D eigenvalue weighted by molar-refractivity contribution is 5.82. The van der Waals surface area contributed by atoms with Gasteiger partial charge in [0.25, 0.3) is 5.91 Å². The molecule has 0 bridgehead atoms. The van der Waals surface area contributed by atoms with Gasteiger partial charge in [-0.3, -0.25) is 14.5 Å². The van der Waals surface area contributed by atoms with Gasteiger partial charge in [0.05, 0.1) is 6.54 Å². The monoisotopic (exact) mass is 421 g/mol. The first-order valence-electron chi connectivity index (χ1n) is 11.2. The molecule has 0 saturated carbocycles. The maximum absolute atomic E-state index is 13.1. The normalized spacial score (nSPS) is 19.1. The summed E-state index contributed by atoms with van der Waals surface area (Å²) in [6.45, 7) is 4.82. The van der Waals surface area contributed by atoms with Gasteiger partial charge in [-0.15, -0.1) is 0 Å². The van der Waals surface area contributed by atoms with E-state index in [9.17, 15) is 9.59 Å². The fourth-order valence-corrected chi connectivity index (χ4v) is 4.29. The Hall–Kier alpha value is -2.70. The number of hydrogen-bond donors (Lipinski definition) is 0. The summed E-state index contributed by atoms with van der Waals surface area (Å²) in [5.74, 6) is 0.204. The van der Waals surface area contributed by atoms with Crippen molar-refractivity contribution in [2.75, 3.05) is 39.3 Å². The minimum Gasteiger partial charge on any atom is -0.368 e. The Morgan fingerprint density at radius 1 is 0.839 bits per heavy atom. The van der Waals surface area contributed by atoms with Crippen molar-refractivity contribution in [3.63, 3.8) is 0 Å². The lowest BCUT2D eigenvalue weighted by atomic mass is 10.1. The van der Waals surface area contributed by atoms with Crippen molar-refractivity contribution in [2.45, 2.75) is 32.0 Å². The summed E-state index contributed by atoms with van der Waals surface area (Å²) < 4.78 is 5.53. The van der Waals surface area contributed by atoms with Gasteiger partial charge >= 0.3 is 0 Å². The van der Waals surface area contributed by atoms with Gasteiger partial charge in [0, 0.05) is 45.9 Å². The lowest BCUT2D eigenvalue weighted by molar-refractivity contribution is -0.146. The summed E-state index contributed by atoms with van der Waals surface area (Å²) in [5.41, 5.74) is 2.39. The molecule has 2 fully saturated rings. The van der Waals surface area contributed by atoms with Crippen LogP contribution >= 0.6 is 0 Å². The van der Waals surface area contributed by atoms with E-state index >= 15 is 0 Å². The number of hydrogen-bond acceptors (Lipinski definition) is 4. The molecule has 2 aliphatic rings. The smallest absolute Gasteiger partial charge is 0.251 e. The molecule has 2 aromatic carbocycles. The molecule has 0 N–H and O–H groups in total. The van der Waals surface area contributed by atoms with Crippen molar-refractivity contribution in [2.24, 2.45) is 0 Å². The Labute approximate surface area is 184 Å². The molecule has 0 aliphatic carbocycles. The summed E-state index contributed by atoms with van der Waals surface area (Å²) in [5, 5.41) is 0. The fourth-order valence-electron chi connectivity index (χ4n) is 4.29. The maximum atomic E-state index is 13.1. The van der Waals surface area contributed by atoms with Gasteiger partial charge in [-0.2, -0.15) is 0 Å². The third kappa shape index (κ3) is 5.93. The van der Waals surface area contributed by atoms with E-state index in [0.717, 1.165) is 25.9 Å². The Morgan fingerprint density at radius 3 is 1.90 bits per heavy atom. The number of benzene rings is 2. The molecule has 31 heavy (non-hydrogen) atoms. The minimum atomic E-state index is -0.283. The highest BCUT2D eigenvalue weighted by atomic mass is 16.5. The average Bonchev–Trinajstić information content (AvgIpc) is 3.35. The van der Waals surface area contributed by atoms with E-state index in [1.807, 2.05) is 46.2 Å². The van der Waals surface area contributed by atoms with Gasteiger partial charge in [-0.05, 0) is 24.0 Å². The number of carbonyl (C=O) groups excluding carboxylic acids is 2. The highest BCUT2D eigenvalue weighted by Crippen LogP contribution is 2.16. The van der Waals surface area contributed by atoms with Crippen molar-refractivity contribution in [1.29, 1.82) is 0 Å². The SMILES string of the molecule is O=C(CN(Cc1ccccc1)Cc1ccccc1)N1CCN(C(=O)C2CCCO2)CC1. The van der Waals surface area contributed by atoms with Crippen LogP contribution in [0.15, 0.2) is 60.7 Å². The molecule has 0 radical (unpaired) electrons. The van der Waals surface area contributed by atoms with Gasteiger partial charge in [0.1, 0.15) is 6.10 Å². The number of carbonyl (C=O) groups is 2. The van der Waals surface area contributed by atoms with Crippen LogP contribution in [0, 0.1) is 0 Å². The van der Waals surface area contributed by atoms with Crippen LogP contribution in [0.25, 0.3) is 0 Å². The molecule has 164 valence electrons. The van der Waals surface area contributed by atoms with Crippen LogP contribution < -0.4 is 0 Å². The zero-order valence-electron chi connectivity index (χ0n) is 18.0. The molecule has 1 atom stereocenters. The Morgan fingerprint density at radius 2 is 1.39 bits per heavy atom. The van der Waals surface area contributed by atoms with Crippen molar-refractivity contribution in [3.05, 3.63) is 71.8 Å². The predicted molar refractivity (Wildman–Crippen MR) is 119 cm³/mol. The Bertz CT molecular complexity index is 803. The maximum Gasteiger partial charge on any atom is 0.251 e. The second-order valence-electron chi connectivity index (χ2n) is 8.32. The van der Waals surface area contributed by atoms with Crippen LogP contribution in [-0.2, 0) is 27.4 Å². The second kappa shape index (κ2) is 10.6. The van der Waals surface area contributed by atoms with Gasteiger partial charge in [0.15, 0.2) is 0 Å². The third-order valence-corrected chi connectivity index (χ3v) is 6.01. The third-order valence-electron chi connectivity index (χ3n) is 6.01. The lowest BCUT2D eigenvalue weighted by Crippen LogP contribution is -2.54. The van der Waals surface area contributed by atoms with E-state index in [2.05, 4.69) is 29.2 Å². The number of piperazine rings is 1. The largest absolute Gasteiger partial charge is 0.368 e. The Kier molecular flexibility index (Phi) is 7.33. The van der Waals surface area contributed by atoms with Crippen LogP contribution in [-0.4, -0.2) is 71.9 Å². The van der Waals surface area contributed by atoms with Crippen molar-refractivity contribution < 1.29 is 14.3 Å². The summed E-state index contributed by atoms with van der Waals surface area (Å²) in [7, 11) is 0. The number of nitrogens with zero attached hydrogens (tertiary/aromatic N) is 3. The van der Waals surface area contributed by atoms with E-state index in [-0.39, 0.29) is 17.9 Å². The molecule has 4 rings (SSSR count). The molecule has 6 heteroatoms. The van der Waals surface area contributed by atoms with Crippen LogP contribution in [0.2, 0.25) is 0 Å². The molecule has 2 aliphatic heterocycles. The van der Waals surface area contributed by atoms with E-state index in [1.54, 1.807) is 0 Å². The molecule has 0 aromatic heterocycles. The lowest BCUT2D eigenvalue weighted by Gasteiger charge is -2.36. The zero-order chi connectivity index (χ0) is 21.5. The number of ether oxygens (including phenoxy) is 1. The van der Waals surface area contributed by atoms with Gasteiger partial charge in [-0.1, -0.05) is 60.7 Å². The molecule has 2 heterocycles. The quantitative estimate of drug-likeness (QED) is 0.690. The van der Waals surface area contributed by atoms with Gasteiger partial charge in [0.2, 0.25) is 5.91 Å². The molecular formula is C25H31N3O3. The molecule has 1 unspecified atom stereocenters. The zero-order valence-corrected chi connectivity index (χ0v) is 18.0. The molecule has 0 spiro atoms. The minimum absolute atomic E-state index is 0.0828. The predicted octanol–water partition coefficient (Wildman–Crippen LogP) is 2.54. The summed E-state index contributed by atoms with van der Waals surface area (Å²) in [6.07, 6.45) is 1.48. The number of amides is 2. The molecule has 2 saturated heterocycles. The second-order valence-corrected chi connectivity index (χ2v) is 8.32. The molecule has 2 amide bonds. The van der Waals surface area contributed by atoms with Crippen molar-refractivity contribution in [1.82, 2.24) is 14.7 Å². The topological polar surface area (TPSA) is 53.1 Å². The van der Waals surface area contributed by atoms with E-state index in [4.69, 9.17) is 4.74 Å². The summed E-state index contributed by atoms with van der Waals surface area (Å²) in [6, 6.07) is 20.5. The van der Waals surface area contributed by atoms with Crippen LogP contribution in [0.5, 0.6) is 0 Å². The average molecular weight is 422 g/mol. The molecule has 6 nitrogen and oxygen atoms in total. The highest BCUT2D eigenvalue weighted by Gasteiger charge is 2.31. The fraction of sp³-hybridized carbons (Fsp3) is 0.440. The van der Waals surface area contributed by atoms with Crippen LogP contribution in [0.4, 0.5) is 0 Å². The molecular weight excluding hydrogens is 390 g/mol. The first-order chi connectivity index (χ1) is 15.2. The van der Waals surface area contributed by atoms with Crippen molar-refractivity contribution >= 4 is 11.8 Å². The van der Waals surface area contributed by atoms with Crippen LogP contribution in [0.1, 0.15) is 24.0 Å². The van der Waals surface area contributed by atoms with E-state index in [0.29, 0.717) is 39.3 Å². The van der Waals surface area contributed by atoms with Gasteiger partial charge in [-0.25, -0.2) is 0 Å².